The van der Waals surface area contributed by atoms with Gasteiger partial charge >= 0.3 is 5.97 Å². The monoisotopic (exact) mass is 932 g/mol. The second-order valence-electron chi connectivity index (χ2n) is 18.8. The van der Waals surface area contributed by atoms with E-state index >= 15 is 0 Å². The van der Waals surface area contributed by atoms with Crippen molar-refractivity contribution in [2.75, 3.05) is 6.61 Å². The fraction of sp³-hybridized carbons (Fsp3) is 0.705. The maximum Gasteiger partial charge on any atom is 0.306 e. The van der Waals surface area contributed by atoms with Crippen molar-refractivity contribution in [1.29, 1.82) is 0 Å². The standard InChI is InChI=1S/C61H105NO5/c1-4-7-10-13-16-19-22-25-28-30-32-35-38-41-44-47-50-53-59(64)58(56-63)62-60(65)55-57(52-49-46-43-40-37-34-27-24-21-18-15-12-9-6-3)67-61(66)54-51-48-45-42-39-36-33-31-29-26-23-20-17-14-11-8-5-2/h8,11,14,17,20,23,26,29,31,33-34,36-37,39-40,43,57-59,63-64H,4-7,9-10,12-13,15-16,18-19,21-22,24-25,27-28,30,32,35,38,41-42,44-56H2,1-3H3,(H,62,65)/b11-8-,17-14+,23-20+,29-26-,33-31+,37-34+,39-36+,43-40+. The van der Waals surface area contributed by atoms with Crippen LogP contribution in [-0.4, -0.2) is 46.9 Å². The molecule has 0 aliphatic carbocycles. The highest BCUT2D eigenvalue weighted by molar-refractivity contribution is 5.77. The van der Waals surface area contributed by atoms with Crippen LogP contribution >= 0.6 is 0 Å². The van der Waals surface area contributed by atoms with Crippen molar-refractivity contribution >= 4 is 11.9 Å². The lowest BCUT2D eigenvalue weighted by atomic mass is 10.0. The molecule has 0 heterocycles. The molecule has 67 heavy (non-hydrogen) atoms. The van der Waals surface area contributed by atoms with Gasteiger partial charge in [0.05, 0.1) is 25.2 Å². The lowest BCUT2D eigenvalue weighted by Gasteiger charge is -2.24. The second-order valence-corrected chi connectivity index (χ2v) is 18.8. The summed E-state index contributed by atoms with van der Waals surface area (Å²) in [5, 5.41) is 23.8. The normalized spacial score (nSPS) is 13.9. The van der Waals surface area contributed by atoms with Gasteiger partial charge < -0.3 is 20.3 Å². The van der Waals surface area contributed by atoms with Crippen LogP contribution in [-0.2, 0) is 14.3 Å². The molecular weight excluding hydrogens is 827 g/mol. The molecule has 1 amide bonds. The first-order valence-corrected chi connectivity index (χ1v) is 28.1. The summed E-state index contributed by atoms with van der Waals surface area (Å²) in [4.78, 5) is 26.2. The van der Waals surface area contributed by atoms with Crippen LogP contribution in [0.3, 0.4) is 0 Å². The van der Waals surface area contributed by atoms with Crippen LogP contribution in [0.25, 0.3) is 0 Å². The predicted octanol–water partition coefficient (Wildman–Crippen LogP) is 17.3. The van der Waals surface area contributed by atoms with Crippen molar-refractivity contribution in [2.45, 2.75) is 270 Å². The molecule has 6 nitrogen and oxygen atoms in total. The molecule has 0 saturated heterocycles. The Balaban J connectivity index is 4.69. The van der Waals surface area contributed by atoms with E-state index in [1.807, 2.05) is 54.7 Å². The van der Waals surface area contributed by atoms with E-state index in [9.17, 15) is 19.8 Å². The Hall–Kier alpha value is -3.22. The minimum Gasteiger partial charge on any atom is -0.462 e. The minimum atomic E-state index is -0.814. The van der Waals surface area contributed by atoms with Gasteiger partial charge in [0, 0.05) is 6.42 Å². The number of carbonyl (C=O) groups excluding carboxylic acids is 2. The van der Waals surface area contributed by atoms with Gasteiger partial charge in [-0.2, -0.15) is 0 Å². The maximum absolute atomic E-state index is 13.2. The van der Waals surface area contributed by atoms with Crippen molar-refractivity contribution in [3.8, 4) is 0 Å². The van der Waals surface area contributed by atoms with Crippen molar-refractivity contribution in [3.05, 3.63) is 97.2 Å². The van der Waals surface area contributed by atoms with Gasteiger partial charge in [-0.25, -0.2) is 0 Å². The molecule has 0 aromatic heterocycles. The Morgan fingerprint density at radius 3 is 1.27 bits per heavy atom. The summed E-state index contributed by atoms with van der Waals surface area (Å²) >= 11 is 0. The summed E-state index contributed by atoms with van der Waals surface area (Å²) in [5.41, 5.74) is 0. The summed E-state index contributed by atoms with van der Waals surface area (Å²) in [6.45, 7) is 6.32. The molecule has 384 valence electrons. The van der Waals surface area contributed by atoms with Gasteiger partial charge in [0.1, 0.15) is 6.10 Å². The summed E-state index contributed by atoms with van der Waals surface area (Å²) in [7, 11) is 0. The van der Waals surface area contributed by atoms with E-state index in [2.05, 4.69) is 68.6 Å². The summed E-state index contributed by atoms with van der Waals surface area (Å²) < 4.78 is 5.90. The third-order valence-corrected chi connectivity index (χ3v) is 12.3. The summed E-state index contributed by atoms with van der Waals surface area (Å²) in [6, 6.07) is -0.732. The zero-order valence-electron chi connectivity index (χ0n) is 43.8. The molecule has 0 radical (unpaired) electrons. The molecule has 0 aliphatic heterocycles. The van der Waals surface area contributed by atoms with E-state index < -0.39 is 18.2 Å². The van der Waals surface area contributed by atoms with E-state index in [4.69, 9.17) is 4.74 Å². The number of nitrogens with one attached hydrogen (secondary N) is 1. The Morgan fingerprint density at radius 1 is 0.448 bits per heavy atom. The molecule has 0 rings (SSSR count). The summed E-state index contributed by atoms with van der Waals surface area (Å²) in [5.74, 6) is -0.575. The second kappa shape index (κ2) is 53.7. The Kier molecular flexibility index (Phi) is 51.1. The molecule has 0 aliphatic rings. The number of hydrogen-bond acceptors (Lipinski definition) is 5. The minimum absolute atomic E-state index is 0.0215. The number of rotatable bonds is 49. The van der Waals surface area contributed by atoms with Crippen molar-refractivity contribution in [1.82, 2.24) is 5.32 Å². The van der Waals surface area contributed by atoms with Gasteiger partial charge in [-0.1, -0.05) is 272 Å². The number of esters is 1. The van der Waals surface area contributed by atoms with Crippen LogP contribution in [0.4, 0.5) is 0 Å². The number of amides is 1. The molecule has 0 saturated carbocycles. The molecule has 0 bridgehead atoms. The van der Waals surface area contributed by atoms with Crippen LogP contribution < -0.4 is 5.32 Å². The number of hydrogen-bond donors (Lipinski definition) is 3. The van der Waals surface area contributed by atoms with Crippen molar-refractivity contribution < 1.29 is 24.5 Å². The van der Waals surface area contributed by atoms with Crippen LogP contribution in [0, 0.1) is 0 Å². The van der Waals surface area contributed by atoms with Gasteiger partial charge in [-0.3, -0.25) is 9.59 Å². The SMILES string of the molecule is CC\C=C/C=C/C=C/C=C\C=C\C=C\CCCCCC(=O)OC(CCC/C=C/C=C/CCCCCCCCC)CC(=O)NC(CO)C(O)CCCCCCCCCCCCCCCCCCC. The van der Waals surface area contributed by atoms with Gasteiger partial charge in [-0.15, -0.1) is 0 Å². The Morgan fingerprint density at radius 2 is 0.821 bits per heavy atom. The van der Waals surface area contributed by atoms with Gasteiger partial charge in [-0.05, 0) is 64.2 Å². The van der Waals surface area contributed by atoms with Gasteiger partial charge in [0.15, 0.2) is 0 Å². The van der Waals surface area contributed by atoms with Crippen LogP contribution in [0.5, 0.6) is 0 Å². The Labute approximate surface area is 414 Å². The number of aliphatic hydroxyl groups excluding tert-OH is 2. The molecule has 3 atom stereocenters. The first-order valence-electron chi connectivity index (χ1n) is 28.1. The molecule has 3 N–H and O–H groups in total. The molecule has 0 aromatic rings. The fourth-order valence-corrected chi connectivity index (χ4v) is 8.11. The van der Waals surface area contributed by atoms with E-state index in [0.717, 1.165) is 70.6 Å². The lowest BCUT2D eigenvalue weighted by molar-refractivity contribution is -0.151. The molecule has 3 unspecified atom stereocenters. The van der Waals surface area contributed by atoms with Gasteiger partial charge in [0.2, 0.25) is 5.91 Å². The van der Waals surface area contributed by atoms with Crippen molar-refractivity contribution in [2.24, 2.45) is 0 Å². The molecule has 0 spiro atoms. The maximum atomic E-state index is 13.2. The van der Waals surface area contributed by atoms with E-state index in [-0.39, 0.29) is 24.9 Å². The van der Waals surface area contributed by atoms with Gasteiger partial charge in [0.25, 0.3) is 0 Å². The number of unbranched alkanes of at least 4 members (excludes halogenated alkanes) is 27. The number of carbonyl (C=O) groups is 2. The van der Waals surface area contributed by atoms with E-state index in [0.29, 0.717) is 19.3 Å². The highest BCUT2D eigenvalue weighted by atomic mass is 16.5. The first kappa shape index (κ1) is 63.8. The smallest absolute Gasteiger partial charge is 0.306 e. The van der Waals surface area contributed by atoms with Crippen LogP contribution in [0.15, 0.2) is 97.2 Å². The number of aliphatic hydroxyl groups is 2. The number of ether oxygens (including phenoxy) is 1. The average Bonchev–Trinajstić information content (AvgIpc) is 3.32. The van der Waals surface area contributed by atoms with Crippen LogP contribution in [0.2, 0.25) is 0 Å². The summed E-state index contributed by atoms with van der Waals surface area (Å²) in [6.07, 6.45) is 71.9. The highest BCUT2D eigenvalue weighted by Crippen LogP contribution is 2.17. The Bertz CT molecular complexity index is 1320. The van der Waals surface area contributed by atoms with Crippen molar-refractivity contribution in [3.63, 3.8) is 0 Å². The van der Waals surface area contributed by atoms with E-state index in [1.165, 1.54) is 135 Å². The fourth-order valence-electron chi connectivity index (χ4n) is 8.11. The molecule has 0 aromatic carbocycles. The lowest BCUT2D eigenvalue weighted by Crippen LogP contribution is -2.46. The molecule has 0 fully saturated rings. The largest absolute Gasteiger partial charge is 0.462 e. The average molecular weight is 933 g/mol. The van der Waals surface area contributed by atoms with E-state index in [1.54, 1.807) is 0 Å². The zero-order valence-corrected chi connectivity index (χ0v) is 43.8. The first-order chi connectivity index (χ1) is 33.0. The molecular formula is C61H105NO5. The van der Waals surface area contributed by atoms with Crippen LogP contribution in [0.1, 0.15) is 252 Å². The zero-order chi connectivity index (χ0) is 48.8. The molecule has 6 heteroatoms. The highest BCUT2D eigenvalue weighted by Gasteiger charge is 2.24. The topological polar surface area (TPSA) is 95.9 Å². The third kappa shape index (κ3) is 49.0. The predicted molar refractivity (Wildman–Crippen MR) is 291 cm³/mol. The third-order valence-electron chi connectivity index (χ3n) is 12.3. The number of allylic oxidation sites excluding steroid dienone is 16. The quantitative estimate of drug-likeness (QED) is 0.0321.